The van der Waals surface area contributed by atoms with Crippen LogP contribution in [0.1, 0.15) is 5.56 Å². The molecule has 0 bridgehead atoms. The minimum Gasteiger partial charge on any atom is -0.504 e. The molecule has 1 aromatic heterocycles. The molecular formula is C12H10O4. The van der Waals surface area contributed by atoms with E-state index in [0.29, 0.717) is 11.0 Å². The van der Waals surface area contributed by atoms with Gasteiger partial charge < -0.3 is 19.7 Å². The van der Waals surface area contributed by atoms with Crippen LogP contribution < -0.4 is 10.8 Å². The zero-order chi connectivity index (χ0) is 11.7. The Morgan fingerprint density at radius 1 is 1.00 bits per heavy atom. The second-order valence-corrected chi connectivity index (χ2v) is 3.35. The summed E-state index contributed by atoms with van der Waals surface area (Å²) in [5.41, 5.74) is 1.21. The van der Waals surface area contributed by atoms with Gasteiger partial charge in [0, 0.05) is 6.07 Å². The van der Waals surface area contributed by atoms with E-state index in [-0.39, 0.29) is 22.7 Å². The highest BCUT2D eigenvalue weighted by atomic mass is 16.4. The van der Waals surface area contributed by atoms with Crippen molar-refractivity contribution in [2.45, 2.75) is 0 Å². The Kier molecular flexibility index (Phi) is 2.32. The van der Waals surface area contributed by atoms with Crippen molar-refractivity contribution >= 4 is 12.7 Å². The van der Waals surface area contributed by atoms with Crippen LogP contribution in [0.4, 0.5) is 0 Å². The Balaban J connectivity index is 2.54. The maximum absolute atomic E-state index is 9.44. The van der Waals surface area contributed by atoms with Crippen LogP contribution in [0.25, 0.3) is 12.7 Å². The SMILES string of the molecule is C=c1cc(O)/c(=C/c2ccc(O)c(O)c2)o1. The molecule has 1 aromatic carbocycles. The van der Waals surface area contributed by atoms with Gasteiger partial charge in [-0.25, -0.2) is 0 Å². The molecule has 0 aliphatic rings. The molecule has 0 radical (unpaired) electrons. The van der Waals surface area contributed by atoms with Crippen molar-refractivity contribution in [2.75, 3.05) is 0 Å². The first-order valence-corrected chi connectivity index (χ1v) is 4.58. The highest BCUT2D eigenvalue weighted by Gasteiger charge is 2.01. The van der Waals surface area contributed by atoms with Crippen molar-refractivity contribution in [1.29, 1.82) is 0 Å². The van der Waals surface area contributed by atoms with Crippen LogP contribution in [0.15, 0.2) is 28.7 Å². The molecule has 0 unspecified atom stereocenters. The molecular weight excluding hydrogens is 208 g/mol. The van der Waals surface area contributed by atoms with Crippen molar-refractivity contribution in [3.63, 3.8) is 0 Å². The highest BCUT2D eigenvalue weighted by molar-refractivity contribution is 5.55. The minimum absolute atomic E-state index is 0.0161. The maximum atomic E-state index is 9.44. The molecule has 0 aliphatic heterocycles. The summed E-state index contributed by atoms with van der Waals surface area (Å²) in [5.74, 6) is -0.439. The fourth-order valence-corrected chi connectivity index (χ4v) is 1.33. The van der Waals surface area contributed by atoms with Gasteiger partial charge in [0.2, 0.25) is 0 Å². The number of hydrogen-bond donors (Lipinski definition) is 3. The smallest absolute Gasteiger partial charge is 0.169 e. The fourth-order valence-electron chi connectivity index (χ4n) is 1.33. The number of hydrogen-bond acceptors (Lipinski definition) is 4. The zero-order valence-electron chi connectivity index (χ0n) is 8.34. The van der Waals surface area contributed by atoms with Crippen molar-refractivity contribution in [3.8, 4) is 17.2 Å². The number of furan rings is 1. The van der Waals surface area contributed by atoms with Crippen LogP contribution in [0.2, 0.25) is 0 Å². The van der Waals surface area contributed by atoms with Crippen molar-refractivity contribution in [1.82, 2.24) is 0 Å². The van der Waals surface area contributed by atoms with Crippen LogP contribution in [0.3, 0.4) is 0 Å². The number of phenols is 2. The fraction of sp³-hybridized carbons (Fsp3) is 0. The number of benzene rings is 1. The summed E-state index contributed by atoms with van der Waals surface area (Å²) in [6, 6.07) is 5.69. The Morgan fingerprint density at radius 2 is 1.75 bits per heavy atom. The third-order valence-electron chi connectivity index (χ3n) is 2.09. The molecule has 0 saturated carbocycles. The Labute approximate surface area is 91.0 Å². The van der Waals surface area contributed by atoms with Gasteiger partial charge in [-0.2, -0.15) is 0 Å². The Bertz CT molecular complexity index is 625. The van der Waals surface area contributed by atoms with Crippen LogP contribution >= 0.6 is 0 Å². The summed E-state index contributed by atoms with van der Waals surface area (Å²) >= 11 is 0. The predicted octanol–water partition coefficient (Wildman–Crippen LogP) is 0.635. The van der Waals surface area contributed by atoms with Gasteiger partial charge in [0.1, 0.15) is 5.42 Å². The largest absolute Gasteiger partial charge is 0.504 e. The Hall–Kier alpha value is -2.36. The lowest BCUT2D eigenvalue weighted by Gasteiger charge is -1.97. The molecule has 0 atom stereocenters. The number of phenolic OH excluding ortho intramolecular Hbond substituents is 2. The second-order valence-electron chi connectivity index (χ2n) is 3.35. The molecule has 1 heterocycles. The van der Waals surface area contributed by atoms with E-state index in [4.69, 9.17) is 9.52 Å². The first-order chi connectivity index (χ1) is 7.56. The van der Waals surface area contributed by atoms with E-state index < -0.39 is 0 Å². The van der Waals surface area contributed by atoms with Crippen LogP contribution in [0.5, 0.6) is 17.2 Å². The second kappa shape index (κ2) is 3.66. The van der Waals surface area contributed by atoms with Gasteiger partial charge in [-0.15, -0.1) is 0 Å². The molecule has 4 heteroatoms. The van der Waals surface area contributed by atoms with Gasteiger partial charge in [-0.1, -0.05) is 12.6 Å². The molecule has 0 fully saturated rings. The summed E-state index contributed by atoms with van der Waals surface area (Å²) in [5, 5.41) is 27.8. The van der Waals surface area contributed by atoms with Crippen LogP contribution in [-0.4, -0.2) is 15.3 Å². The van der Waals surface area contributed by atoms with Gasteiger partial charge in [-0.3, -0.25) is 0 Å². The van der Waals surface area contributed by atoms with Gasteiger partial charge in [-0.05, 0) is 23.8 Å². The topological polar surface area (TPSA) is 73.8 Å². The molecule has 4 nitrogen and oxygen atoms in total. The van der Waals surface area contributed by atoms with Gasteiger partial charge >= 0.3 is 0 Å². The van der Waals surface area contributed by atoms with E-state index in [1.54, 1.807) is 6.07 Å². The normalized spacial score (nSPS) is 11.9. The molecule has 16 heavy (non-hydrogen) atoms. The van der Waals surface area contributed by atoms with Crippen molar-refractivity contribution in [3.05, 3.63) is 40.7 Å². The molecule has 0 amide bonds. The first-order valence-electron chi connectivity index (χ1n) is 4.58. The molecule has 0 spiro atoms. The lowest BCUT2D eigenvalue weighted by atomic mass is 10.2. The predicted molar refractivity (Wildman–Crippen MR) is 58.5 cm³/mol. The molecule has 3 N–H and O–H groups in total. The van der Waals surface area contributed by atoms with Crippen molar-refractivity contribution < 1.29 is 19.7 Å². The molecule has 2 aromatic rings. The van der Waals surface area contributed by atoms with Crippen LogP contribution in [0, 0.1) is 0 Å². The quantitative estimate of drug-likeness (QED) is 0.614. The van der Waals surface area contributed by atoms with E-state index in [2.05, 4.69) is 6.58 Å². The number of aromatic hydroxyl groups is 3. The molecule has 82 valence electrons. The summed E-state index contributed by atoms with van der Waals surface area (Å²) in [6.07, 6.45) is 1.53. The van der Waals surface area contributed by atoms with E-state index in [9.17, 15) is 10.2 Å². The van der Waals surface area contributed by atoms with E-state index >= 15 is 0 Å². The van der Waals surface area contributed by atoms with Gasteiger partial charge in [0.15, 0.2) is 22.7 Å². The van der Waals surface area contributed by atoms with Crippen molar-refractivity contribution in [2.24, 2.45) is 0 Å². The highest BCUT2D eigenvalue weighted by Crippen LogP contribution is 2.25. The summed E-state index contributed by atoms with van der Waals surface area (Å²) in [7, 11) is 0. The van der Waals surface area contributed by atoms with E-state index in [0.717, 1.165) is 0 Å². The standard InChI is InChI=1S/C12H10O4/c1-7-4-11(15)12(16-7)6-8-2-3-9(13)10(14)5-8/h2-6,13-15H,1H2/b12-6-. The third kappa shape index (κ3) is 1.86. The monoisotopic (exact) mass is 218 g/mol. The maximum Gasteiger partial charge on any atom is 0.169 e. The third-order valence-corrected chi connectivity index (χ3v) is 2.09. The minimum atomic E-state index is -0.227. The van der Waals surface area contributed by atoms with Gasteiger partial charge in [0.05, 0.1) is 0 Å². The average molecular weight is 218 g/mol. The van der Waals surface area contributed by atoms with Gasteiger partial charge in [0.25, 0.3) is 0 Å². The summed E-state index contributed by atoms with van der Waals surface area (Å²) in [6.45, 7) is 3.54. The summed E-state index contributed by atoms with van der Waals surface area (Å²) < 4.78 is 5.13. The lowest BCUT2D eigenvalue weighted by Crippen LogP contribution is -1.98. The molecule has 0 aliphatic carbocycles. The average Bonchev–Trinajstić information content (AvgIpc) is 2.51. The lowest BCUT2D eigenvalue weighted by molar-refractivity contribution is 0.403. The van der Waals surface area contributed by atoms with E-state index in [1.165, 1.54) is 24.3 Å². The molecule has 0 saturated heterocycles. The number of rotatable bonds is 1. The molecule has 2 rings (SSSR count). The van der Waals surface area contributed by atoms with E-state index in [1.807, 2.05) is 0 Å². The Morgan fingerprint density at radius 3 is 2.31 bits per heavy atom. The summed E-state index contributed by atoms with van der Waals surface area (Å²) in [4.78, 5) is 0. The zero-order valence-corrected chi connectivity index (χ0v) is 8.34. The van der Waals surface area contributed by atoms with Crippen LogP contribution in [-0.2, 0) is 0 Å². The first kappa shape index (κ1) is 10.2.